The van der Waals surface area contributed by atoms with Gasteiger partial charge in [0.2, 0.25) is 0 Å². The van der Waals surface area contributed by atoms with Crippen molar-refractivity contribution in [2.75, 3.05) is 6.61 Å². The van der Waals surface area contributed by atoms with Crippen LogP contribution in [0, 0.1) is 34.5 Å². The molecule has 7 atom stereocenters. The molecule has 0 radical (unpaired) electrons. The van der Waals surface area contributed by atoms with Crippen molar-refractivity contribution in [2.45, 2.75) is 64.9 Å². The van der Waals surface area contributed by atoms with Gasteiger partial charge in [0.1, 0.15) is 0 Å². The van der Waals surface area contributed by atoms with Crippen LogP contribution in [-0.2, 0) is 9.53 Å². The molecule has 3 nitrogen and oxygen atoms in total. The summed E-state index contributed by atoms with van der Waals surface area (Å²) in [6.45, 7) is 5.32. The predicted molar refractivity (Wildman–Crippen MR) is 79.5 cm³/mol. The summed E-state index contributed by atoms with van der Waals surface area (Å²) in [7, 11) is 0. The highest BCUT2D eigenvalue weighted by molar-refractivity contribution is 5.70. The third-order valence-electron chi connectivity index (χ3n) is 7.97. The van der Waals surface area contributed by atoms with E-state index in [9.17, 15) is 9.90 Å². The fourth-order valence-corrected chi connectivity index (χ4v) is 6.56. The van der Waals surface area contributed by atoms with Gasteiger partial charge in [0.15, 0.2) is 0 Å². The summed E-state index contributed by atoms with van der Waals surface area (Å²) in [6.07, 6.45) is 7.50. The first-order chi connectivity index (χ1) is 9.95. The number of rotatable bonds is 0. The van der Waals surface area contributed by atoms with Crippen LogP contribution in [0.4, 0.5) is 0 Å². The molecule has 0 spiro atoms. The van der Waals surface area contributed by atoms with Gasteiger partial charge in [-0.2, -0.15) is 0 Å². The number of esters is 1. The molecule has 1 aliphatic heterocycles. The monoisotopic (exact) mass is 292 g/mol. The number of fused-ring (bicyclic) bond motifs is 5. The van der Waals surface area contributed by atoms with Crippen molar-refractivity contribution >= 4 is 5.97 Å². The van der Waals surface area contributed by atoms with Crippen LogP contribution >= 0.6 is 0 Å². The summed E-state index contributed by atoms with van der Waals surface area (Å²) in [4.78, 5) is 11.6. The lowest BCUT2D eigenvalue weighted by Crippen LogP contribution is -2.56. The Kier molecular flexibility index (Phi) is 2.99. The molecular weight excluding hydrogens is 264 g/mol. The Morgan fingerprint density at radius 3 is 2.62 bits per heavy atom. The van der Waals surface area contributed by atoms with Crippen molar-refractivity contribution in [1.29, 1.82) is 0 Å². The quantitative estimate of drug-likeness (QED) is 0.698. The summed E-state index contributed by atoms with van der Waals surface area (Å²) in [5.74, 6) is 2.64. The van der Waals surface area contributed by atoms with Crippen LogP contribution in [0.2, 0.25) is 0 Å². The molecule has 3 heteroatoms. The second-order valence-electron chi connectivity index (χ2n) is 8.66. The fraction of sp³-hybridized carbons (Fsp3) is 0.944. The van der Waals surface area contributed by atoms with Gasteiger partial charge in [-0.05, 0) is 67.6 Å². The molecule has 7 unspecified atom stereocenters. The average Bonchev–Trinajstić information content (AvgIpc) is 2.76. The average molecular weight is 292 g/mol. The van der Waals surface area contributed by atoms with E-state index in [1.807, 2.05) is 0 Å². The number of hydrogen-bond donors (Lipinski definition) is 1. The summed E-state index contributed by atoms with van der Waals surface area (Å²) < 4.78 is 5.47. The zero-order valence-electron chi connectivity index (χ0n) is 13.3. The number of ether oxygens (including phenoxy) is 1. The van der Waals surface area contributed by atoms with Crippen LogP contribution in [0.15, 0.2) is 0 Å². The lowest BCUT2D eigenvalue weighted by atomic mass is 9.47. The van der Waals surface area contributed by atoms with Crippen LogP contribution in [0.1, 0.15) is 58.8 Å². The van der Waals surface area contributed by atoms with Crippen molar-refractivity contribution < 1.29 is 14.6 Å². The van der Waals surface area contributed by atoms with E-state index < -0.39 is 0 Å². The third-order valence-corrected chi connectivity index (χ3v) is 7.97. The van der Waals surface area contributed by atoms with Crippen LogP contribution in [0.5, 0.6) is 0 Å². The normalized spacial score (nSPS) is 56.1. The SMILES string of the molecule is CC12CCC3C(CCC4CC(=O)OCC43C)C1CCC2O. The maximum atomic E-state index is 11.6. The lowest BCUT2D eigenvalue weighted by Gasteiger charge is -2.59. The van der Waals surface area contributed by atoms with Gasteiger partial charge < -0.3 is 9.84 Å². The van der Waals surface area contributed by atoms with Crippen LogP contribution < -0.4 is 0 Å². The minimum atomic E-state index is -0.0989. The largest absolute Gasteiger partial charge is 0.465 e. The molecule has 0 aromatic heterocycles. The highest BCUT2D eigenvalue weighted by atomic mass is 16.5. The van der Waals surface area contributed by atoms with Gasteiger partial charge >= 0.3 is 5.97 Å². The Labute approximate surface area is 127 Å². The van der Waals surface area contributed by atoms with Gasteiger partial charge in [-0.25, -0.2) is 0 Å². The smallest absolute Gasteiger partial charge is 0.306 e. The molecule has 1 N–H and O–H groups in total. The summed E-state index contributed by atoms with van der Waals surface area (Å²) in [6, 6.07) is 0. The zero-order valence-corrected chi connectivity index (χ0v) is 13.3. The van der Waals surface area contributed by atoms with Crippen molar-refractivity contribution in [3.63, 3.8) is 0 Å². The number of aliphatic hydroxyl groups excluding tert-OH is 1. The summed E-state index contributed by atoms with van der Waals surface area (Å²) in [5, 5.41) is 10.4. The second kappa shape index (κ2) is 4.47. The van der Waals surface area contributed by atoms with E-state index in [-0.39, 0.29) is 22.9 Å². The Hall–Kier alpha value is -0.570. The molecule has 4 aliphatic rings. The van der Waals surface area contributed by atoms with Gasteiger partial charge in [-0.15, -0.1) is 0 Å². The number of cyclic esters (lactones) is 1. The molecule has 4 rings (SSSR count). The Bertz CT molecular complexity index is 461. The van der Waals surface area contributed by atoms with E-state index in [0.29, 0.717) is 30.8 Å². The van der Waals surface area contributed by atoms with Crippen molar-refractivity contribution in [1.82, 2.24) is 0 Å². The molecule has 3 aliphatic carbocycles. The molecule has 3 saturated carbocycles. The molecule has 21 heavy (non-hydrogen) atoms. The van der Waals surface area contributed by atoms with Gasteiger partial charge in [-0.1, -0.05) is 13.8 Å². The van der Waals surface area contributed by atoms with Crippen LogP contribution in [-0.4, -0.2) is 23.8 Å². The van der Waals surface area contributed by atoms with Gasteiger partial charge in [0, 0.05) is 11.8 Å². The van der Waals surface area contributed by atoms with E-state index in [1.54, 1.807) is 0 Å². The van der Waals surface area contributed by atoms with Gasteiger partial charge in [0.05, 0.1) is 12.7 Å². The second-order valence-corrected chi connectivity index (χ2v) is 8.66. The van der Waals surface area contributed by atoms with Crippen LogP contribution in [0.25, 0.3) is 0 Å². The number of carbonyl (C=O) groups is 1. The van der Waals surface area contributed by atoms with Crippen molar-refractivity contribution in [3.8, 4) is 0 Å². The molecule has 1 heterocycles. The maximum absolute atomic E-state index is 11.6. The van der Waals surface area contributed by atoms with Crippen molar-refractivity contribution in [2.24, 2.45) is 34.5 Å². The van der Waals surface area contributed by atoms with E-state index in [2.05, 4.69) is 13.8 Å². The third kappa shape index (κ3) is 1.79. The molecule has 4 fully saturated rings. The number of hydrogen-bond acceptors (Lipinski definition) is 3. The topological polar surface area (TPSA) is 46.5 Å². The standard InChI is InChI=1S/C18H28O3/c1-17-8-7-14-12(13(17)5-6-15(17)19)4-3-11-9-16(20)21-10-18(11,14)2/h11-15,19H,3-10H2,1-2H3. The zero-order chi connectivity index (χ0) is 14.8. The Morgan fingerprint density at radius 2 is 1.81 bits per heavy atom. The van der Waals surface area contributed by atoms with Crippen molar-refractivity contribution in [3.05, 3.63) is 0 Å². The maximum Gasteiger partial charge on any atom is 0.306 e. The fourth-order valence-electron chi connectivity index (χ4n) is 6.56. The molecule has 0 aromatic carbocycles. The molecule has 0 aromatic rings. The Morgan fingerprint density at radius 1 is 1.05 bits per heavy atom. The van der Waals surface area contributed by atoms with Gasteiger partial charge in [-0.3, -0.25) is 4.79 Å². The van der Waals surface area contributed by atoms with E-state index in [1.165, 1.54) is 25.7 Å². The first-order valence-corrected chi connectivity index (χ1v) is 8.79. The van der Waals surface area contributed by atoms with E-state index in [0.717, 1.165) is 18.8 Å². The number of carbonyl (C=O) groups excluding carboxylic acids is 1. The highest BCUT2D eigenvalue weighted by Crippen LogP contribution is 2.64. The number of aliphatic hydroxyl groups is 1. The molecule has 0 bridgehead atoms. The van der Waals surface area contributed by atoms with E-state index in [4.69, 9.17) is 4.74 Å². The predicted octanol–water partition coefficient (Wildman–Crippen LogP) is 3.15. The molecule has 0 amide bonds. The molecular formula is C18H28O3. The minimum Gasteiger partial charge on any atom is -0.465 e. The molecule has 1 saturated heterocycles. The Balaban J connectivity index is 1.64. The first kappa shape index (κ1) is 14.0. The lowest BCUT2D eigenvalue weighted by molar-refractivity contribution is -0.181. The first-order valence-electron chi connectivity index (χ1n) is 8.79. The molecule has 118 valence electrons. The highest BCUT2D eigenvalue weighted by Gasteiger charge is 2.60. The van der Waals surface area contributed by atoms with E-state index >= 15 is 0 Å². The van der Waals surface area contributed by atoms with Crippen LogP contribution in [0.3, 0.4) is 0 Å². The summed E-state index contributed by atoms with van der Waals surface area (Å²) in [5.41, 5.74) is 0.335. The summed E-state index contributed by atoms with van der Waals surface area (Å²) >= 11 is 0. The van der Waals surface area contributed by atoms with Gasteiger partial charge in [0.25, 0.3) is 0 Å². The minimum absolute atomic E-state index is 0.00728.